The van der Waals surface area contributed by atoms with Gasteiger partial charge in [0.1, 0.15) is 5.60 Å². The van der Waals surface area contributed by atoms with Gasteiger partial charge in [0, 0.05) is 44.0 Å². The third-order valence-electron chi connectivity index (χ3n) is 7.24. The lowest BCUT2D eigenvalue weighted by Gasteiger charge is -2.35. The largest absolute Gasteiger partial charge is 0.462 e. The Hall–Kier alpha value is -4.63. The molecule has 43 heavy (non-hydrogen) atoms. The summed E-state index contributed by atoms with van der Waals surface area (Å²) in [5.41, 5.74) is 5.21. The minimum Gasteiger partial charge on any atom is -0.462 e. The minimum absolute atomic E-state index is 0.246. The smallest absolute Gasteiger partial charge is 0.410 e. The van der Waals surface area contributed by atoms with Gasteiger partial charge in [-0.05, 0) is 63.1 Å². The lowest BCUT2D eigenvalue weighted by molar-refractivity contribution is -0.110. The van der Waals surface area contributed by atoms with Gasteiger partial charge >= 0.3 is 12.1 Å². The molecule has 2 amide bonds. The van der Waals surface area contributed by atoms with E-state index in [0.29, 0.717) is 41.2 Å². The van der Waals surface area contributed by atoms with Crippen LogP contribution in [0.25, 0.3) is 11.3 Å². The number of ether oxygens (including phenoxy) is 2. The van der Waals surface area contributed by atoms with Crippen LogP contribution in [-0.4, -0.2) is 66.2 Å². The van der Waals surface area contributed by atoms with Gasteiger partial charge in [0.2, 0.25) is 0 Å². The van der Waals surface area contributed by atoms with E-state index in [-0.39, 0.29) is 18.6 Å². The zero-order chi connectivity index (χ0) is 30.6. The van der Waals surface area contributed by atoms with Crippen molar-refractivity contribution in [1.29, 1.82) is 0 Å². The van der Waals surface area contributed by atoms with Crippen LogP contribution in [0.5, 0.6) is 0 Å². The highest BCUT2D eigenvalue weighted by Crippen LogP contribution is 2.38. The maximum Gasteiger partial charge on any atom is 0.410 e. The second-order valence-corrected chi connectivity index (χ2v) is 11.6. The molecule has 1 fully saturated rings. The number of hydrogen-bond donors (Lipinski definition) is 2. The fraction of sp³-hybridized carbons (Fsp3) is 0.324. The second kappa shape index (κ2) is 12.7. The first-order valence-corrected chi connectivity index (χ1v) is 14.6. The van der Waals surface area contributed by atoms with Gasteiger partial charge < -0.3 is 25.0 Å². The first-order chi connectivity index (χ1) is 20.6. The van der Waals surface area contributed by atoms with E-state index in [4.69, 9.17) is 9.47 Å². The van der Waals surface area contributed by atoms with E-state index in [1.807, 2.05) is 63.2 Å². The molecular weight excluding hydrogens is 544 g/mol. The molecule has 3 aromatic rings. The number of fused-ring (bicyclic) bond motifs is 1. The first kappa shape index (κ1) is 29.8. The zero-order valence-electron chi connectivity index (χ0n) is 25.1. The molecule has 2 aliphatic heterocycles. The van der Waals surface area contributed by atoms with E-state index in [1.165, 1.54) is 0 Å². The lowest BCUT2D eigenvalue weighted by Crippen LogP contribution is -2.49. The summed E-state index contributed by atoms with van der Waals surface area (Å²) >= 11 is 0. The highest BCUT2D eigenvalue weighted by Gasteiger charge is 2.30. The third kappa shape index (κ3) is 7.24. The Morgan fingerprint density at radius 2 is 1.60 bits per heavy atom. The number of benzene rings is 3. The molecule has 2 aliphatic rings. The van der Waals surface area contributed by atoms with Gasteiger partial charge in [-0.15, -0.1) is 0 Å². The summed E-state index contributed by atoms with van der Waals surface area (Å²) in [6, 6.07) is 23.0. The quantitative estimate of drug-likeness (QED) is 0.266. The molecule has 1 saturated heterocycles. The predicted molar refractivity (Wildman–Crippen MR) is 167 cm³/mol. The lowest BCUT2D eigenvalue weighted by atomic mass is 9.99. The van der Waals surface area contributed by atoms with Crippen LogP contribution < -0.4 is 10.6 Å². The number of carbonyl (C=O) groups excluding carboxylic acids is 3. The molecule has 224 valence electrons. The summed E-state index contributed by atoms with van der Waals surface area (Å²) < 4.78 is 10.6. The molecule has 0 bridgehead atoms. The Morgan fingerprint density at radius 1 is 0.907 bits per heavy atom. The van der Waals surface area contributed by atoms with Gasteiger partial charge in [0.15, 0.2) is 0 Å². The van der Waals surface area contributed by atoms with Crippen molar-refractivity contribution in [2.75, 3.05) is 43.4 Å². The van der Waals surface area contributed by atoms with Crippen molar-refractivity contribution in [3.05, 3.63) is 95.1 Å². The molecule has 3 aromatic carbocycles. The van der Waals surface area contributed by atoms with Crippen LogP contribution in [0.15, 0.2) is 72.8 Å². The van der Waals surface area contributed by atoms with Gasteiger partial charge in [0.25, 0.3) is 5.91 Å². The van der Waals surface area contributed by atoms with Crippen LogP contribution >= 0.6 is 0 Å². The second-order valence-electron chi connectivity index (χ2n) is 11.6. The van der Waals surface area contributed by atoms with E-state index < -0.39 is 11.6 Å². The maximum atomic E-state index is 13.3. The zero-order valence-corrected chi connectivity index (χ0v) is 25.1. The van der Waals surface area contributed by atoms with E-state index in [0.717, 1.165) is 36.4 Å². The summed E-state index contributed by atoms with van der Waals surface area (Å²) in [4.78, 5) is 42.0. The molecule has 0 aliphatic carbocycles. The minimum atomic E-state index is -0.501. The number of amides is 2. The Labute approximate surface area is 252 Å². The Morgan fingerprint density at radius 3 is 2.26 bits per heavy atom. The molecule has 2 heterocycles. The van der Waals surface area contributed by atoms with Crippen molar-refractivity contribution in [3.8, 4) is 0 Å². The number of nitrogens with one attached hydrogen (secondary N) is 2. The van der Waals surface area contributed by atoms with E-state index in [2.05, 4.69) is 27.7 Å². The normalized spacial score (nSPS) is 16.3. The van der Waals surface area contributed by atoms with Crippen molar-refractivity contribution in [3.63, 3.8) is 0 Å². The highest BCUT2D eigenvalue weighted by atomic mass is 16.6. The Kier molecular flexibility index (Phi) is 8.82. The molecule has 9 nitrogen and oxygen atoms in total. The monoisotopic (exact) mass is 582 g/mol. The summed E-state index contributed by atoms with van der Waals surface area (Å²) in [5, 5.41) is 6.40. The first-order valence-electron chi connectivity index (χ1n) is 14.6. The molecule has 2 N–H and O–H groups in total. The van der Waals surface area contributed by atoms with E-state index in [1.54, 1.807) is 30.0 Å². The summed E-state index contributed by atoms with van der Waals surface area (Å²) in [6.45, 7) is 11.3. The number of anilines is 2. The van der Waals surface area contributed by atoms with Crippen molar-refractivity contribution >= 4 is 40.6 Å². The summed E-state index contributed by atoms with van der Waals surface area (Å²) in [5.74, 6) is -0.673. The number of hydrogen-bond acceptors (Lipinski definition) is 7. The third-order valence-corrected chi connectivity index (χ3v) is 7.24. The van der Waals surface area contributed by atoms with Crippen molar-refractivity contribution in [2.45, 2.75) is 39.8 Å². The molecule has 0 radical (unpaired) electrons. The highest BCUT2D eigenvalue weighted by molar-refractivity contribution is 6.37. The number of piperazine rings is 1. The summed E-state index contributed by atoms with van der Waals surface area (Å²) in [7, 11) is 0. The van der Waals surface area contributed by atoms with Crippen LogP contribution in [0.1, 0.15) is 54.7 Å². The van der Waals surface area contributed by atoms with Gasteiger partial charge in [0.05, 0.1) is 29.1 Å². The van der Waals surface area contributed by atoms with Gasteiger partial charge in [-0.1, -0.05) is 48.5 Å². The number of rotatable bonds is 7. The number of esters is 1. The Bertz CT molecular complexity index is 1520. The summed E-state index contributed by atoms with van der Waals surface area (Å²) in [6.07, 6.45) is -0.260. The fourth-order valence-corrected chi connectivity index (χ4v) is 5.16. The van der Waals surface area contributed by atoms with Crippen molar-refractivity contribution < 1.29 is 23.9 Å². The van der Waals surface area contributed by atoms with E-state index >= 15 is 0 Å². The number of nitrogens with zero attached hydrogens (tertiary/aromatic N) is 2. The van der Waals surface area contributed by atoms with Crippen molar-refractivity contribution in [2.24, 2.45) is 0 Å². The van der Waals surface area contributed by atoms with Crippen LogP contribution in [-0.2, 0) is 20.8 Å². The van der Waals surface area contributed by atoms with Gasteiger partial charge in [-0.3, -0.25) is 9.69 Å². The maximum absolute atomic E-state index is 13.3. The molecular formula is C34H38N4O5. The molecule has 0 atom stereocenters. The fourth-order valence-electron chi connectivity index (χ4n) is 5.16. The number of carbonyl (C=O) groups is 3. The van der Waals surface area contributed by atoms with Gasteiger partial charge in [-0.2, -0.15) is 0 Å². The standard InChI is InChI=1S/C34H38N4O5/c1-5-42-32(40)25-13-16-27-28(21-25)36-31(39)29(27)30(24-9-7-6-8-10-24)35-26-14-11-23(12-15-26)22-37-17-19-38(20-18-37)33(41)43-34(2,3)4/h6-16,21,35H,5,17-20,22H2,1-4H3,(H,36,39)/b30-29-. The molecule has 9 heteroatoms. The molecule has 5 rings (SSSR count). The molecule has 0 spiro atoms. The van der Waals surface area contributed by atoms with Crippen LogP contribution in [0.3, 0.4) is 0 Å². The van der Waals surface area contributed by atoms with E-state index in [9.17, 15) is 14.4 Å². The molecule has 0 unspecified atom stereocenters. The average Bonchev–Trinajstić information content (AvgIpc) is 3.31. The molecule has 0 aromatic heterocycles. The van der Waals surface area contributed by atoms with Gasteiger partial charge in [-0.25, -0.2) is 9.59 Å². The average molecular weight is 583 g/mol. The van der Waals surface area contributed by atoms with Crippen molar-refractivity contribution in [1.82, 2.24) is 9.80 Å². The molecule has 0 saturated carbocycles. The topological polar surface area (TPSA) is 100 Å². The Balaban J connectivity index is 1.32. The van der Waals surface area contributed by atoms with Crippen LogP contribution in [0.2, 0.25) is 0 Å². The predicted octanol–water partition coefficient (Wildman–Crippen LogP) is 5.85. The van der Waals surface area contributed by atoms with Crippen LogP contribution in [0.4, 0.5) is 16.2 Å². The SMILES string of the molecule is CCOC(=O)c1ccc2c(c1)NC(=O)/C2=C(\Nc1ccc(CN2CCN(C(=O)OC(C)(C)C)CC2)cc1)c1ccccc1. The van der Waals surface area contributed by atoms with Crippen LogP contribution in [0, 0.1) is 0 Å².